The Morgan fingerprint density at radius 1 is 1.00 bits per heavy atom. The highest BCUT2D eigenvalue weighted by atomic mass is 16.2. The van der Waals surface area contributed by atoms with E-state index >= 15 is 0 Å². The Balaban J connectivity index is 2.03. The number of hydrogen-bond acceptors (Lipinski definition) is 2. The van der Waals surface area contributed by atoms with Crippen LogP contribution in [0, 0.1) is 27.7 Å². The fourth-order valence-electron chi connectivity index (χ4n) is 4.84. The number of carbonyl (C=O) groups excluding carboxylic acids is 1. The van der Waals surface area contributed by atoms with Crippen LogP contribution in [-0.2, 0) is 0 Å². The van der Waals surface area contributed by atoms with Crippen molar-refractivity contribution < 1.29 is 4.79 Å². The molecule has 0 fully saturated rings. The molecule has 0 spiro atoms. The fourth-order valence-corrected chi connectivity index (χ4v) is 4.84. The third kappa shape index (κ3) is 2.72. The summed E-state index contributed by atoms with van der Waals surface area (Å²) in [6.07, 6.45) is 2.05. The van der Waals surface area contributed by atoms with E-state index in [0.29, 0.717) is 0 Å². The van der Waals surface area contributed by atoms with Crippen molar-refractivity contribution in [2.24, 2.45) is 0 Å². The van der Waals surface area contributed by atoms with E-state index in [4.69, 9.17) is 4.98 Å². The first-order valence-electron chi connectivity index (χ1n) is 10.2. The van der Waals surface area contributed by atoms with Gasteiger partial charge in [-0.25, -0.2) is 0 Å². The summed E-state index contributed by atoms with van der Waals surface area (Å²) >= 11 is 0. The Hall–Kier alpha value is -2.68. The molecule has 1 atom stereocenters. The molecule has 1 unspecified atom stereocenters. The summed E-state index contributed by atoms with van der Waals surface area (Å²) in [4.78, 5) is 20.1. The maximum Gasteiger partial charge on any atom is 0.259 e. The lowest BCUT2D eigenvalue weighted by Gasteiger charge is -2.25. The van der Waals surface area contributed by atoms with Crippen molar-refractivity contribution in [3.63, 3.8) is 0 Å². The van der Waals surface area contributed by atoms with Crippen LogP contribution in [0.2, 0.25) is 0 Å². The van der Waals surface area contributed by atoms with Gasteiger partial charge in [0.15, 0.2) is 0 Å². The van der Waals surface area contributed by atoms with Gasteiger partial charge < -0.3 is 4.90 Å². The number of amides is 1. The third-order valence-electron chi connectivity index (χ3n) is 5.87. The van der Waals surface area contributed by atoms with Crippen LogP contribution in [-0.4, -0.2) is 16.9 Å². The van der Waals surface area contributed by atoms with Crippen molar-refractivity contribution >= 4 is 22.5 Å². The minimum Gasteiger partial charge on any atom is -0.305 e. The van der Waals surface area contributed by atoms with Crippen LogP contribution in [0.1, 0.15) is 59.4 Å². The van der Waals surface area contributed by atoms with Gasteiger partial charge >= 0.3 is 0 Å². The molecule has 1 amide bonds. The first-order valence-corrected chi connectivity index (χ1v) is 10.2. The summed E-state index contributed by atoms with van der Waals surface area (Å²) in [5, 5.41) is 1.01. The molecule has 0 saturated heterocycles. The predicted octanol–water partition coefficient (Wildman–Crippen LogP) is 6.28. The zero-order chi connectivity index (χ0) is 20.2. The SMILES string of the molecule is CCCC(C)N1C(=O)c2ccc(-c3c(C)cc(C)cc3C)c3nc(C)cc1c23. The van der Waals surface area contributed by atoms with Gasteiger partial charge in [0.25, 0.3) is 5.91 Å². The Morgan fingerprint density at radius 3 is 2.29 bits per heavy atom. The summed E-state index contributed by atoms with van der Waals surface area (Å²) < 4.78 is 0. The van der Waals surface area contributed by atoms with E-state index in [9.17, 15) is 4.79 Å². The number of benzene rings is 2. The topological polar surface area (TPSA) is 33.2 Å². The van der Waals surface area contributed by atoms with E-state index in [-0.39, 0.29) is 11.9 Å². The van der Waals surface area contributed by atoms with Crippen molar-refractivity contribution in [2.45, 2.75) is 60.4 Å². The zero-order valence-electron chi connectivity index (χ0n) is 17.7. The normalized spacial score (nSPS) is 14.2. The molecule has 28 heavy (non-hydrogen) atoms. The molecule has 3 nitrogen and oxygen atoms in total. The molecule has 0 bridgehead atoms. The Bertz CT molecular complexity index is 1090. The van der Waals surface area contributed by atoms with Crippen molar-refractivity contribution in [1.82, 2.24) is 4.98 Å². The Labute approximate surface area is 167 Å². The summed E-state index contributed by atoms with van der Waals surface area (Å²) in [5.41, 5.74) is 9.82. The van der Waals surface area contributed by atoms with Crippen LogP contribution in [0.3, 0.4) is 0 Å². The van der Waals surface area contributed by atoms with Crippen molar-refractivity contribution in [2.75, 3.05) is 4.90 Å². The second-order valence-corrected chi connectivity index (χ2v) is 8.25. The molecule has 2 aromatic carbocycles. The molecule has 0 aliphatic carbocycles. The third-order valence-corrected chi connectivity index (χ3v) is 5.87. The van der Waals surface area contributed by atoms with Crippen molar-refractivity contribution in [3.05, 3.63) is 58.3 Å². The average molecular weight is 373 g/mol. The molecule has 4 rings (SSSR count). The molecule has 144 valence electrons. The second kappa shape index (κ2) is 6.73. The number of nitrogens with zero attached hydrogens (tertiary/aromatic N) is 2. The van der Waals surface area contributed by atoms with Crippen molar-refractivity contribution in [3.8, 4) is 11.1 Å². The summed E-state index contributed by atoms with van der Waals surface area (Å²) in [6, 6.07) is 10.8. The van der Waals surface area contributed by atoms with Gasteiger partial charge in [0.2, 0.25) is 0 Å². The first-order chi connectivity index (χ1) is 13.3. The smallest absolute Gasteiger partial charge is 0.259 e. The molecular formula is C25H28N2O. The van der Waals surface area contributed by atoms with Crippen LogP contribution >= 0.6 is 0 Å². The van der Waals surface area contributed by atoms with Crippen molar-refractivity contribution in [1.29, 1.82) is 0 Å². The van der Waals surface area contributed by atoms with Crippen LogP contribution in [0.15, 0.2) is 30.3 Å². The highest BCUT2D eigenvalue weighted by Gasteiger charge is 2.34. The highest BCUT2D eigenvalue weighted by molar-refractivity contribution is 6.26. The van der Waals surface area contributed by atoms with Gasteiger partial charge in [0.05, 0.1) is 16.8 Å². The number of anilines is 1. The van der Waals surface area contributed by atoms with Gasteiger partial charge in [0.1, 0.15) is 0 Å². The van der Waals surface area contributed by atoms with E-state index in [1.165, 1.54) is 22.3 Å². The molecule has 2 heterocycles. The van der Waals surface area contributed by atoms with Gasteiger partial charge in [-0.3, -0.25) is 9.78 Å². The predicted molar refractivity (Wildman–Crippen MR) is 117 cm³/mol. The average Bonchev–Trinajstić information content (AvgIpc) is 2.88. The zero-order valence-corrected chi connectivity index (χ0v) is 17.7. The molecule has 1 aliphatic rings. The minimum atomic E-state index is 0.109. The molecule has 3 heteroatoms. The molecule has 1 aromatic heterocycles. The summed E-state index contributed by atoms with van der Waals surface area (Å²) in [7, 11) is 0. The van der Waals surface area contributed by atoms with Crippen LogP contribution in [0.25, 0.3) is 22.0 Å². The number of hydrogen-bond donors (Lipinski definition) is 0. The largest absolute Gasteiger partial charge is 0.305 e. The van der Waals surface area contributed by atoms with E-state index in [1.807, 2.05) is 17.9 Å². The number of pyridine rings is 1. The molecule has 3 aromatic rings. The van der Waals surface area contributed by atoms with E-state index in [0.717, 1.165) is 46.3 Å². The number of aryl methyl sites for hydroxylation is 4. The van der Waals surface area contributed by atoms with E-state index in [1.54, 1.807) is 0 Å². The molecule has 0 saturated carbocycles. The van der Waals surface area contributed by atoms with Gasteiger partial charge in [-0.15, -0.1) is 0 Å². The fraction of sp³-hybridized carbons (Fsp3) is 0.360. The lowest BCUT2D eigenvalue weighted by atomic mass is 9.91. The van der Waals surface area contributed by atoms with Gasteiger partial charge in [-0.05, 0) is 69.9 Å². The quantitative estimate of drug-likeness (QED) is 0.539. The molecular weight excluding hydrogens is 344 g/mol. The Kier molecular flexibility index (Phi) is 4.49. The molecule has 0 radical (unpaired) electrons. The maximum atomic E-state index is 13.2. The van der Waals surface area contributed by atoms with Gasteiger partial charge in [-0.2, -0.15) is 0 Å². The van der Waals surface area contributed by atoms with E-state index < -0.39 is 0 Å². The van der Waals surface area contributed by atoms with Crippen LogP contribution in [0.5, 0.6) is 0 Å². The lowest BCUT2D eigenvalue weighted by molar-refractivity contribution is 0.0984. The highest BCUT2D eigenvalue weighted by Crippen LogP contribution is 2.43. The first kappa shape index (κ1) is 18.7. The monoisotopic (exact) mass is 372 g/mol. The molecule has 0 N–H and O–H groups in total. The second-order valence-electron chi connectivity index (χ2n) is 8.25. The summed E-state index contributed by atoms with van der Waals surface area (Å²) in [5.74, 6) is 0.109. The van der Waals surface area contributed by atoms with Gasteiger partial charge in [-0.1, -0.05) is 37.1 Å². The van der Waals surface area contributed by atoms with E-state index in [2.05, 4.69) is 58.9 Å². The standard InChI is InChI=1S/C25H28N2O/c1-7-8-18(6)27-21-13-17(5)26-24-19(9-10-20(23(21)24)25(27)28)22-15(3)11-14(2)12-16(22)4/h9-13,18H,7-8H2,1-6H3. The van der Waals surface area contributed by atoms with Crippen LogP contribution < -0.4 is 4.90 Å². The Morgan fingerprint density at radius 2 is 1.64 bits per heavy atom. The lowest BCUT2D eigenvalue weighted by Crippen LogP contribution is -2.35. The number of carbonyl (C=O) groups is 1. The van der Waals surface area contributed by atoms with Gasteiger partial charge in [0, 0.05) is 22.7 Å². The number of aromatic nitrogens is 1. The van der Waals surface area contributed by atoms with Crippen LogP contribution in [0.4, 0.5) is 5.69 Å². The summed E-state index contributed by atoms with van der Waals surface area (Å²) in [6.45, 7) is 12.8. The maximum absolute atomic E-state index is 13.2. The molecule has 1 aliphatic heterocycles. The number of rotatable bonds is 4. The minimum absolute atomic E-state index is 0.109.